The summed E-state index contributed by atoms with van der Waals surface area (Å²) >= 11 is 0. The van der Waals surface area contributed by atoms with Crippen molar-refractivity contribution in [2.24, 2.45) is 11.3 Å². The van der Waals surface area contributed by atoms with Crippen LogP contribution in [0, 0.1) is 11.3 Å². The lowest BCUT2D eigenvalue weighted by atomic mass is 9.91. The summed E-state index contributed by atoms with van der Waals surface area (Å²) in [6.45, 7) is 9.42. The molecular formula is C16H25N. The van der Waals surface area contributed by atoms with Crippen molar-refractivity contribution in [2.75, 3.05) is 0 Å². The van der Waals surface area contributed by atoms with Crippen molar-refractivity contribution < 1.29 is 0 Å². The van der Waals surface area contributed by atoms with Gasteiger partial charge < -0.3 is 5.32 Å². The molecule has 3 unspecified atom stereocenters. The minimum Gasteiger partial charge on any atom is -0.307 e. The molecule has 1 aliphatic rings. The molecule has 0 amide bonds. The molecule has 0 aromatic heterocycles. The summed E-state index contributed by atoms with van der Waals surface area (Å²) < 4.78 is 0. The van der Waals surface area contributed by atoms with Crippen molar-refractivity contribution in [1.82, 2.24) is 5.32 Å². The standard InChI is InChI=1S/C16H25N/c1-12-10-16(3,4)11-15(12)17-13(2)14-8-6-5-7-9-14/h5-9,12-13,15,17H,10-11H2,1-4H3. The van der Waals surface area contributed by atoms with Crippen LogP contribution in [0.25, 0.3) is 0 Å². The molecule has 2 rings (SSSR count). The molecule has 94 valence electrons. The van der Waals surface area contributed by atoms with E-state index in [9.17, 15) is 0 Å². The van der Waals surface area contributed by atoms with Crippen LogP contribution in [-0.2, 0) is 0 Å². The maximum Gasteiger partial charge on any atom is 0.0294 e. The maximum absolute atomic E-state index is 3.80. The topological polar surface area (TPSA) is 12.0 Å². The molecule has 1 nitrogen and oxygen atoms in total. The van der Waals surface area contributed by atoms with Gasteiger partial charge in [-0.3, -0.25) is 0 Å². The third kappa shape index (κ3) is 3.10. The van der Waals surface area contributed by atoms with Gasteiger partial charge in [-0.05, 0) is 36.7 Å². The van der Waals surface area contributed by atoms with Gasteiger partial charge in [0.2, 0.25) is 0 Å². The van der Waals surface area contributed by atoms with E-state index in [4.69, 9.17) is 0 Å². The second-order valence-electron chi connectivity index (χ2n) is 6.46. The maximum atomic E-state index is 3.80. The van der Waals surface area contributed by atoms with E-state index < -0.39 is 0 Å². The predicted octanol–water partition coefficient (Wildman–Crippen LogP) is 4.16. The highest BCUT2D eigenvalue weighted by Gasteiger charge is 2.36. The summed E-state index contributed by atoms with van der Waals surface area (Å²) in [4.78, 5) is 0. The normalized spacial score (nSPS) is 29.2. The fraction of sp³-hybridized carbons (Fsp3) is 0.625. The Morgan fingerprint density at radius 3 is 2.35 bits per heavy atom. The van der Waals surface area contributed by atoms with Crippen molar-refractivity contribution in [3.05, 3.63) is 35.9 Å². The molecule has 1 saturated carbocycles. The predicted molar refractivity (Wildman–Crippen MR) is 74.0 cm³/mol. The van der Waals surface area contributed by atoms with Gasteiger partial charge >= 0.3 is 0 Å². The van der Waals surface area contributed by atoms with Gasteiger partial charge in [0, 0.05) is 12.1 Å². The minimum atomic E-state index is 0.456. The van der Waals surface area contributed by atoms with E-state index in [1.165, 1.54) is 18.4 Å². The van der Waals surface area contributed by atoms with Crippen molar-refractivity contribution >= 4 is 0 Å². The van der Waals surface area contributed by atoms with Crippen molar-refractivity contribution in [3.8, 4) is 0 Å². The zero-order valence-corrected chi connectivity index (χ0v) is 11.5. The van der Waals surface area contributed by atoms with Gasteiger partial charge in [0.15, 0.2) is 0 Å². The van der Waals surface area contributed by atoms with Gasteiger partial charge in [-0.25, -0.2) is 0 Å². The molecule has 1 aliphatic carbocycles. The molecule has 1 heteroatoms. The summed E-state index contributed by atoms with van der Waals surface area (Å²) in [6.07, 6.45) is 2.64. The van der Waals surface area contributed by atoms with E-state index in [2.05, 4.69) is 63.3 Å². The van der Waals surface area contributed by atoms with Gasteiger partial charge in [-0.1, -0.05) is 51.1 Å². The Morgan fingerprint density at radius 1 is 1.18 bits per heavy atom. The average molecular weight is 231 g/mol. The Morgan fingerprint density at radius 2 is 1.82 bits per heavy atom. The fourth-order valence-electron chi connectivity index (χ4n) is 3.28. The van der Waals surface area contributed by atoms with Crippen LogP contribution in [-0.4, -0.2) is 6.04 Å². The first-order chi connectivity index (χ1) is 7.98. The van der Waals surface area contributed by atoms with Crippen LogP contribution < -0.4 is 5.32 Å². The second-order valence-corrected chi connectivity index (χ2v) is 6.46. The second kappa shape index (κ2) is 4.81. The molecule has 0 bridgehead atoms. The molecular weight excluding hydrogens is 206 g/mol. The highest BCUT2D eigenvalue weighted by molar-refractivity contribution is 5.18. The lowest BCUT2D eigenvalue weighted by molar-refractivity contribution is 0.356. The largest absolute Gasteiger partial charge is 0.307 e. The lowest BCUT2D eigenvalue weighted by Crippen LogP contribution is -2.33. The first-order valence-corrected chi connectivity index (χ1v) is 6.79. The Bertz CT molecular complexity index is 355. The molecule has 0 radical (unpaired) electrons. The Hall–Kier alpha value is -0.820. The van der Waals surface area contributed by atoms with E-state index in [-0.39, 0.29) is 0 Å². The molecule has 17 heavy (non-hydrogen) atoms. The van der Waals surface area contributed by atoms with Crippen molar-refractivity contribution in [3.63, 3.8) is 0 Å². The van der Waals surface area contributed by atoms with Crippen LogP contribution in [0.3, 0.4) is 0 Å². The highest BCUT2D eigenvalue weighted by Crippen LogP contribution is 2.41. The van der Waals surface area contributed by atoms with Crippen molar-refractivity contribution in [2.45, 2.75) is 52.6 Å². The number of benzene rings is 1. The quantitative estimate of drug-likeness (QED) is 0.823. The van der Waals surface area contributed by atoms with Crippen LogP contribution >= 0.6 is 0 Å². The van der Waals surface area contributed by atoms with E-state index in [0.717, 1.165) is 5.92 Å². The highest BCUT2D eigenvalue weighted by atomic mass is 15.0. The van der Waals surface area contributed by atoms with Crippen LogP contribution in [0.1, 0.15) is 52.1 Å². The summed E-state index contributed by atoms with van der Waals surface area (Å²) in [5.74, 6) is 0.788. The molecule has 1 aromatic carbocycles. The van der Waals surface area contributed by atoms with Gasteiger partial charge in [-0.2, -0.15) is 0 Å². The Labute approximate surface area is 106 Å². The summed E-state index contributed by atoms with van der Waals surface area (Å²) in [6, 6.07) is 11.9. The first kappa shape index (κ1) is 12.6. The van der Waals surface area contributed by atoms with E-state index in [1.54, 1.807) is 0 Å². The van der Waals surface area contributed by atoms with Crippen LogP contribution in [0.5, 0.6) is 0 Å². The summed E-state index contributed by atoms with van der Waals surface area (Å²) in [5, 5.41) is 3.80. The monoisotopic (exact) mass is 231 g/mol. The molecule has 1 fully saturated rings. The van der Waals surface area contributed by atoms with E-state index >= 15 is 0 Å². The number of hydrogen-bond acceptors (Lipinski definition) is 1. The van der Waals surface area contributed by atoms with Gasteiger partial charge in [0.1, 0.15) is 0 Å². The zero-order valence-electron chi connectivity index (χ0n) is 11.5. The molecule has 0 saturated heterocycles. The molecule has 1 aromatic rings. The fourth-order valence-corrected chi connectivity index (χ4v) is 3.28. The number of hydrogen-bond donors (Lipinski definition) is 1. The molecule has 0 spiro atoms. The average Bonchev–Trinajstić information content (AvgIpc) is 2.53. The third-order valence-electron chi connectivity index (χ3n) is 4.10. The Balaban J connectivity index is 1.98. The van der Waals surface area contributed by atoms with Gasteiger partial charge in [0.25, 0.3) is 0 Å². The van der Waals surface area contributed by atoms with E-state index in [1.807, 2.05) is 0 Å². The van der Waals surface area contributed by atoms with Gasteiger partial charge in [-0.15, -0.1) is 0 Å². The summed E-state index contributed by atoms with van der Waals surface area (Å²) in [7, 11) is 0. The third-order valence-corrected chi connectivity index (χ3v) is 4.10. The van der Waals surface area contributed by atoms with Gasteiger partial charge in [0.05, 0.1) is 0 Å². The lowest BCUT2D eigenvalue weighted by Gasteiger charge is -2.23. The molecule has 3 atom stereocenters. The minimum absolute atomic E-state index is 0.456. The Kier molecular flexibility index (Phi) is 3.58. The van der Waals surface area contributed by atoms with Crippen LogP contribution in [0.2, 0.25) is 0 Å². The zero-order chi connectivity index (χ0) is 12.5. The SMILES string of the molecule is CC(NC1CC(C)(C)CC1C)c1ccccc1. The molecule has 0 heterocycles. The first-order valence-electron chi connectivity index (χ1n) is 6.79. The molecule has 1 N–H and O–H groups in total. The van der Waals surface area contributed by atoms with E-state index in [0.29, 0.717) is 17.5 Å². The number of rotatable bonds is 3. The van der Waals surface area contributed by atoms with Crippen LogP contribution in [0.4, 0.5) is 0 Å². The summed E-state index contributed by atoms with van der Waals surface area (Å²) in [5.41, 5.74) is 1.90. The number of nitrogens with one attached hydrogen (secondary N) is 1. The van der Waals surface area contributed by atoms with Crippen LogP contribution in [0.15, 0.2) is 30.3 Å². The smallest absolute Gasteiger partial charge is 0.0294 e. The molecule has 0 aliphatic heterocycles. The van der Waals surface area contributed by atoms with Crippen molar-refractivity contribution in [1.29, 1.82) is 0 Å².